The van der Waals surface area contributed by atoms with E-state index >= 15 is 0 Å². The van der Waals surface area contributed by atoms with E-state index in [-0.39, 0.29) is 0 Å². The molecule has 0 amide bonds. The van der Waals surface area contributed by atoms with Gasteiger partial charge in [0.1, 0.15) is 0 Å². The van der Waals surface area contributed by atoms with Gasteiger partial charge >= 0.3 is 0 Å². The Kier molecular flexibility index (Phi) is 5.22. The third kappa shape index (κ3) is 3.89. The molecule has 0 aliphatic rings. The van der Waals surface area contributed by atoms with Gasteiger partial charge in [0.25, 0.3) is 0 Å². The number of rotatable bonds is 6. The summed E-state index contributed by atoms with van der Waals surface area (Å²) in [5, 5.41) is 6.53. The van der Waals surface area contributed by atoms with Crippen LogP contribution in [-0.4, -0.2) is 36.6 Å². The molecule has 86 valence electrons. The Balaban J connectivity index is 2.49. The molecule has 0 radical (unpaired) electrons. The first-order valence-corrected chi connectivity index (χ1v) is 6.31. The van der Waals surface area contributed by atoms with Gasteiger partial charge in [0, 0.05) is 24.5 Å². The smallest absolute Gasteiger partial charge is 0.0897 e. The van der Waals surface area contributed by atoms with Crippen molar-refractivity contribution in [2.75, 3.05) is 20.6 Å². The van der Waals surface area contributed by atoms with Crippen LogP contribution in [0.3, 0.4) is 0 Å². The summed E-state index contributed by atoms with van der Waals surface area (Å²) in [5.41, 5.74) is 1.19. The highest BCUT2D eigenvalue weighted by molar-refractivity contribution is 7.09. The van der Waals surface area contributed by atoms with E-state index in [4.69, 9.17) is 0 Å². The summed E-state index contributed by atoms with van der Waals surface area (Å²) in [6.45, 7) is 6.27. The zero-order chi connectivity index (χ0) is 11.3. The van der Waals surface area contributed by atoms with Crippen molar-refractivity contribution < 1.29 is 0 Å². The van der Waals surface area contributed by atoms with Crippen molar-refractivity contribution in [3.8, 4) is 0 Å². The third-order valence-corrected chi connectivity index (χ3v) is 3.43. The highest BCUT2D eigenvalue weighted by atomic mass is 32.1. The van der Waals surface area contributed by atoms with Crippen LogP contribution in [0, 0.1) is 6.92 Å². The van der Waals surface area contributed by atoms with E-state index in [2.05, 4.69) is 41.5 Å². The summed E-state index contributed by atoms with van der Waals surface area (Å²) in [4.78, 5) is 6.85. The van der Waals surface area contributed by atoms with Crippen molar-refractivity contribution in [3.05, 3.63) is 16.1 Å². The molecule has 3 nitrogen and oxygen atoms in total. The summed E-state index contributed by atoms with van der Waals surface area (Å²) >= 11 is 1.73. The second kappa shape index (κ2) is 6.20. The second-order valence-electron chi connectivity index (χ2n) is 3.89. The maximum Gasteiger partial charge on any atom is 0.0897 e. The fraction of sp³-hybridized carbons (Fsp3) is 0.727. The zero-order valence-corrected chi connectivity index (χ0v) is 10.9. The van der Waals surface area contributed by atoms with Gasteiger partial charge in [-0.25, -0.2) is 4.98 Å². The molecule has 1 aromatic heterocycles. The molecule has 0 bridgehead atoms. The van der Waals surface area contributed by atoms with Crippen LogP contribution >= 0.6 is 11.3 Å². The van der Waals surface area contributed by atoms with E-state index in [1.165, 1.54) is 12.1 Å². The normalized spacial score (nSPS) is 13.4. The van der Waals surface area contributed by atoms with Gasteiger partial charge in [0.05, 0.1) is 10.7 Å². The molecule has 0 aliphatic heterocycles. The molecule has 15 heavy (non-hydrogen) atoms. The van der Waals surface area contributed by atoms with Gasteiger partial charge in [-0.3, -0.25) is 4.90 Å². The maximum atomic E-state index is 4.48. The summed E-state index contributed by atoms with van der Waals surface area (Å²) < 4.78 is 0. The number of nitrogens with zero attached hydrogens (tertiary/aromatic N) is 2. The topological polar surface area (TPSA) is 28.2 Å². The predicted octanol–water partition coefficient (Wildman–Crippen LogP) is 1.88. The molecule has 1 aromatic rings. The van der Waals surface area contributed by atoms with Crippen molar-refractivity contribution in [2.45, 2.75) is 32.9 Å². The average molecular weight is 227 g/mol. The number of thiazole rings is 1. The first-order chi connectivity index (χ1) is 7.17. The summed E-state index contributed by atoms with van der Waals surface area (Å²) in [6, 6.07) is 0.594. The lowest BCUT2D eigenvalue weighted by Gasteiger charge is -2.26. The molecule has 1 N–H and O–H groups in total. The molecular formula is C11H21N3S. The van der Waals surface area contributed by atoms with Gasteiger partial charge in [-0.05, 0) is 27.4 Å². The van der Waals surface area contributed by atoms with E-state index in [0.29, 0.717) is 6.04 Å². The van der Waals surface area contributed by atoms with Crippen LogP contribution in [-0.2, 0) is 6.54 Å². The Morgan fingerprint density at radius 2 is 2.33 bits per heavy atom. The average Bonchev–Trinajstić information content (AvgIpc) is 2.60. The Morgan fingerprint density at radius 1 is 1.60 bits per heavy atom. The Bertz CT molecular complexity index is 285. The number of nitrogens with one attached hydrogen (secondary N) is 1. The number of hydrogen-bond acceptors (Lipinski definition) is 4. The largest absolute Gasteiger partial charge is 0.318 e. The molecular weight excluding hydrogens is 206 g/mol. The lowest BCUT2D eigenvalue weighted by Crippen LogP contribution is -2.38. The monoisotopic (exact) mass is 227 g/mol. The molecule has 1 rings (SSSR count). The third-order valence-electron chi connectivity index (χ3n) is 2.61. The standard InChI is InChI=1S/C11H21N3S/c1-5-11(6-12-3)14(4)7-10-8-15-9(2)13-10/h8,11-12H,5-7H2,1-4H3. The van der Waals surface area contributed by atoms with Crippen LogP contribution in [0.15, 0.2) is 5.38 Å². The van der Waals surface area contributed by atoms with Crippen LogP contribution in [0.5, 0.6) is 0 Å². The van der Waals surface area contributed by atoms with E-state index in [9.17, 15) is 0 Å². The molecule has 1 heterocycles. The first-order valence-electron chi connectivity index (χ1n) is 5.43. The molecule has 1 atom stereocenters. The van der Waals surface area contributed by atoms with E-state index in [1.54, 1.807) is 11.3 Å². The minimum atomic E-state index is 0.594. The van der Waals surface area contributed by atoms with E-state index in [1.807, 2.05) is 7.05 Å². The van der Waals surface area contributed by atoms with Crippen molar-refractivity contribution >= 4 is 11.3 Å². The molecule has 0 aromatic carbocycles. The number of aromatic nitrogens is 1. The van der Waals surface area contributed by atoms with Crippen LogP contribution < -0.4 is 5.32 Å². The van der Waals surface area contributed by atoms with Crippen LogP contribution in [0.25, 0.3) is 0 Å². The van der Waals surface area contributed by atoms with Gasteiger partial charge in [0.2, 0.25) is 0 Å². The molecule has 0 saturated carbocycles. The molecule has 4 heteroatoms. The Hall–Kier alpha value is -0.450. The number of hydrogen-bond donors (Lipinski definition) is 1. The predicted molar refractivity (Wildman–Crippen MR) is 66.3 cm³/mol. The van der Waals surface area contributed by atoms with Gasteiger partial charge in [-0.15, -0.1) is 11.3 Å². The first kappa shape index (κ1) is 12.6. The van der Waals surface area contributed by atoms with Gasteiger partial charge in [0.15, 0.2) is 0 Å². The summed E-state index contributed by atoms with van der Waals surface area (Å²) in [5.74, 6) is 0. The maximum absolute atomic E-state index is 4.48. The van der Waals surface area contributed by atoms with E-state index in [0.717, 1.165) is 18.1 Å². The molecule has 0 spiro atoms. The van der Waals surface area contributed by atoms with Crippen molar-refractivity contribution in [3.63, 3.8) is 0 Å². The number of likely N-dealkylation sites (N-methyl/N-ethyl adjacent to an activating group) is 2. The number of aryl methyl sites for hydroxylation is 1. The SMILES string of the molecule is CCC(CNC)N(C)Cc1csc(C)n1. The fourth-order valence-corrected chi connectivity index (χ4v) is 2.32. The lowest BCUT2D eigenvalue weighted by molar-refractivity contribution is 0.222. The Labute approximate surface area is 96.5 Å². The minimum absolute atomic E-state index is 0.594. The zero-order valence-electron chi connectivity index (χ0n) is 10.1. The summed E-state index contributed by atoms with van der Waals surface area (Å²) in [6.07, 6.45) is 1.17. The van der Waals surface area contributed by atoms with Crippen molar-refractivity contribution in [1.29, 1.82) is 0 Å². The molecule has 1 unspecified atom stereocenters. The lowest BCUT2D eigenvalue weighted by atomic mass is 10.2. The second-order valence-corrected chi connectivity index (χ2v) is 4.95. The quantitative estimate of drug-likeness (QED) is 0.804. The highest BCUT2D eigenvalue weighted by Gasteiger charge is 2.12. The molecule has 0 saturated heterocycles. The van der Waals surface area contributed by atoms with Gasteiger partial charge in [-0.1, -0.05) is 6.92 Å². The van der Waals surface area contributed by atoms with Crippen LogP contribution in [0.2, 0.25) is 0 Å². The van der Waals surface area contributed by atoms with Crippen molar-refractivity contribution in [1.82, 2.24) is 15.2 Å². The van der Waals surface area contributed by atoms with Crippen LogP contribution in [0.4, 0.5) is 0 Å². The van der Waals surface area contributed by atoms with Gasteiger partial charge < -0.3 is 5.32 Å². The highest BCUT2D eigenvalue weighted by Crippen LogP contribution is 2.11. The summed E-state index contributed by atoms with van der Waals surface area (Å²) in [7, 11) is 4.17. The van der Waals surface area contributed by atoms with Crippen LogP contribution in [0.1, 0.15) is 24.0 Å². The molecule has 0 fully saturated rings. The Morgan fingerprint density at radius 3 is 2.80 bits per heavy atom. The molecule has 0 aliphatic carbocycles. The van der Waals surface area contributed by atoms with Crippen molar-refractivity contribution in [2.24, 2.45) is 0 Å². The van der Waals surface area contributed by atoms with Gasteiger partial charge in [-0.2, -0.15) is 0 Å². The minimum Gasteiger partial charge on any atom is -0.318 e. The fourth-order valence-electron chi connectivity index (χ4n) is 1.71. The van der Waals surface area contributed by atoms with E-state index < -0.39 is 0 Å².